The lowest BCUT2D eigenvalue weighted by molar-refractivity contribution is -0.209. The summed E-state index contributed by atoms with van der Waals surface area (Å²) < 4.78 is 16.8. The van der Waals surface area contributed by atoms with E-state index in [9.17, 15) is 4.79 Å². The second kappa shape index (κ2) is 5.57. The van der Waals surface area contributed by atoms with Crippen LogP contribution in [0.5, 0.6) is 0 Å². The molecular weight excluding hydrogens is 232 g/mol. The summed E-state index contributed by atoms with van der Waals surface area (Å²) in [5.41, 5.74) is 0. The van der Waals surface area contributed by atoms with Gasteiger partial charge in [-0.25, -0.2) is 0 Å². The molecule has 2 saturated heterocycles. The molecule has 0 spiro atoms. The molecule has 0 aromatic rings. The third-order valence-electron chi connectivity index (χ3n) is 3.72. The molecule has 0 N–H and O–H groups in total. The van der Waals surface area contributed by atoms with Crippen LogP contribution >= 0.6 is 0 Å². The zero-order valence-electron chi connectivity index (χ0n) is 11.6. The molecule has 0 unspecified atom stereocenters. The molecule has 4 atom stereocenters. The summed E-state index contributed by atoms with van der Waals surface area (Å²) in [4.78, 5) is 11.5. The number of hydrogen-bond acceptors (Lipinski definition) is 4. The number of carbonyl (C=O) groups is 1. The van der Waals surface area contributed by atoms with Gasteiger partial charge < -0.3 is 14.2 Å². The van der Waals surface area contributed by atoms with Crippen molar-refractivity contribution in [2.45, 2.75) is 58.3 Å². The highest BCUT2D eigenvalue weighted by molar-refractivity contribution is 5.69. The Labute approximate surface area is 109 Å². The van der Waals surface area contributed by atoms with Gasteiger partial charge in [0, 0.05) is 19.3 Å². The molecule has 2 bridgehead atoms. The quantitative estimate of drug-likeness (QED) is 0.709. The zero-order valence-corrected chi connectivity index (χ0v) is 11.6. The normalized spacial score (nSPS) is 36.4. The van der Waals surface area contributed by atoms with E-state index in [4.69, 9.17) is 14.2 Å². The Hall–Kier alpha value is -0.610. The molecule has 0 aromatic carbocycles. The van der Waals surface area contributed by atoms with Gasteiger partial charge in [-0.3, -0.25) is 4.79 Å². The van der Waals surface area contributed by atoms with Crippen molar-refractivity contribution in [3.63, 3.8) is 0 Å². The van der Waals surface area contributed by atoms with Crippen LogP contribution in [-0.2, 0) is 19.0 Å². The van der Waals surface area contributed by atoms with E-state index in [0.29, 0.717) is 25.6 Å². The summed E-state index contributed by atoms with van der Waals surface area (Å²) >= 11 is 0. The van der Waals surface area contributed by atoms with Gasteiger partial charge in [-0.05, 0) is 25.2 Å². The summed E-state index contributed by atoms with van der Waals surface area (Å²) in [7, 11) is 0. The van der Waals surface area contributed by atoms with E-state index in [2.05, 4.69) is 13.8 Å². The number of rotatable bonds is 5. The number of fused-ring (bicyclic) bond motifs is 2. The van der Waals surface area contributed by atoms with Gasteiger partial charge in [0.05, 0.1) is 19.3 Å². The molecule has 0 radical (unpaired) electrons. The Balaban J connectivity index is 1.86. The first-order valence-electron chi connectivity index (χ1n) is 7.00. The van der Waals surface area contributed by atoms with E-state index in [-0.39, 0.29) is 18.0 Å². The number of esters is 1. The molecule has 2 fully saturated rings. The SMILES string of the molecule is CCOC(=O)C[C@H](C)C[C@@]12C[C@H](C)C[C@@H](CO1)O2. The highest BCUT2D eigenvalue weighted by atomic mass is 16.7. The van der Waals surface area contributed by atoms with Crippen LogP contribution in [0.25, 0.3) is 0 Å². The average molecular weight is 256 g/mol. The van der Waals surface area contributed by atoms with Gasteiger partial charge in [-0.15, -0.1) is 0 Å². The Morgan fingerprint density at radius 1 is 1.56 bits per heavy atom. The van der Waals surface area contributed by atoms with Crippen molar-refractivity contribution < 1.29 is 19.0 Å². The number of ether oxygens (including phenoxy) is 3. The van der Waals surface area contributed by atoms with Crippen molar-refractivity contribution in [1.82, 2.24) is 0 Å². The third-order valence-corrected chi connectivity index (χ3v) is 3.72. The van der Waals surface area contributed by atoms with Crippen LogP contribution < -0.4 is 0 Å². The Morgan fingerprint density at radius 3 is 3.06 bits per heavy atom. The summed E-state index contributed by atoms with van der Waals surface area (Å²) in [6, 6.07) is 0. The minimum absolute atomic E-state index is 0.125. The first kappa shape index (κ1) is 13.8. The lowest BCUT2D eigenvalue weighted by Crippen LogP contribution is -2.39. The van der Waals surface area contributed by atoms with Gasteiger partial charge in [-0.2, -0.15) is 0 Å². The van der Waals surface area contributed by atoms with E-state index in [1.54, 1.807) is 0 Å². The van der Waals surface area contributed by atoms with Crippen molar-refractivity contribution >= 4 is 5.97 Å². The van der Waals surface area contributed by atoms with Crippen LogP contribution in [0.1, 0.15) is 46.5 Å². The standard InChI is InChI=1S/C14H24O4/c1-4-16-13(15)6-11(3)8-14-7-10(2)5-12(18-14)9-17-14/h10-12H,4-9H2,1-3H3/t10-,11+,12+,14+/m1/s1. The molecule has 0 aromatic heterocycles. The lowest BCUT2D eigenvalue weighted by atomic mass is 9.87. The maximum atomic E-state index is 11.5. The Morgan fingerprint density at radius 2 is 2.33 bits per heavy atom. The fraction of sp³-hybridized carbons (Fsp3) is 0.929. The molecule has 2 heterocycles. The lowest BCUT2D eigenvalue weighted by Gasteiger charge is -2.36. The van der Waals surface area contributed by atoms with Crippen LogP contribution in [0, 0.1) is 11.8 Å². The van der Waals surface area contributed by atoms with Crippen molar-refractivity contribution in [1.29, 1.82) is 0 Å². The fourth-order valence-electron chi connectivity index (χ4n) is 3.20. The zero-order chi connectivity index (χ0) is 13.2. The molecule has 0 saturated carbocycles. The van der Waals surface area contributed by atoms with Crippen molar-refractivity contribution in [3.05, 3.63) is 0 Å². The summed E-state index contributed by atoms with van der Waals surface area (Å²) in [5.74, 6) is 0.308. The van der Waals surface area contributed by atoms with Gasteiger partial charge >= 0.3 is 5.97 Å². The fourth-order valence-corrected chi connectivity index (χ4v) is 3.20. The summed E-state index contributed by atoms with van der Waals surface area (Å²) in [6.45, 7) is 7.29. The van der Waals surface area contributed by atoms with Gasteiger partial charge in [0.1, 0.15) is 0 Å². The third kappa shape index (κ3) is 3.23. The predicted molar refractivity (Wildman–Crippen MR) is 67.0 cm³/mol. The minimum atomic E-state index is -0.436. The minimum Gasteiger partial charge on any atom is -0.466 e. The first-order chi connectivity index (χ1) is 8.53. The molecule has 18 heavy (non-hydrogen) atoms. The molecule has 2 rings (SSSR count). The molecule has 0 amide bonds. The van der Waals surface area contributed by atoms with E-state index in [0.717, 1.165) is 19.3 Å². The van der Waals surface area contributed by atoms with Gasteiger partial charge in [0.2, 0.25) is 0 Å². The van der Waals surface area contributed by atoms with E-state index >= 15 is 0 Å². The van der Waals surface area contributed by atoms with E-state index in [1.165, 1.54) is 0 Å². The Kier molecular flexibility index (Phi) is 4.28. The molecule has 2 aliphatic rings. The highest BCUT2D eigenvalue weighted by Crippen LogP contribution is 2.43. The molecule has 2 aliphatic heterocycles. The van der Waals surface area contributed by atoms with E-state index < -0.39 is 5.79 Å². The average Bonchev–Trinajstić information content (AvgIpc) is 2.53. The first-order valence-corrected chi connectivity index (χ1v) is 7.00. The van der Waals surface area contributed by atoms with Crippen LogP contribution in [0.3, 0.4) is 0 Å². The monoisotopic (exact) mass is 256 g/mol. The highest BCUT2D eigenvalue weighted by Gasteiger charge is 2.47. The molecule has 4 heteroatoms. The van der Waals surface area contributed by atoms with E-state index in [1.807, 2.05) is 6.92 Å². The van der Waals surface area contributed by atoms with Crippen molar-refractivity contribution in [2.75, 3.05) is 13.2 Å². The van der Waals surface area contributed by atoms with Gasteiger partial charge in [-0.1, -0.05) is 13.8 Å². The van der Waals surface area contributed by atoms with Crippen LogP contribution in [-0.4, -0.2) is 31.1 Å². The molecule has 4 nitrogen and oxygen atoms in total. The van der Waals surface area contributed by atoms with Gasteiger partial charge in [0.15, 0.2) is 5.79 Å². The van der Waals surface area contributed by atoms with Crippen LogP contribution in [0.2, 0.25) is 0 Å². The summed E-state index contributed by atoms with van der Waals surface area (Å²) in [6.07, 6.45) is 3.52. The largest absolute Gasteiger partial charge is 0.466 e. The van der Waals surface area contributed by atoms with Crippen molar-refractivity contribution in [2.24, 2.45) is 11.8 Å². The predicted octanol–water partition coefficient (Wildman–Crippen LogP) is 2.51. The summed E-state index contributed by atoms with van der Waals surface area (Å²) in [5, 5.41) is 0. The van der Waals surface area contributed by atoms with Gasteiger partial charge in [0.25, 0.3) is 0 Å². The topological polar surface area (TPSA) is 44.8 Å². The van der Waals surface area contributed by atoms with Crippen LogP contribution in [0.4, 0.5) is 0 Å². The van der Waals surface area contributed by atoms with Crippen molar-refractivity contribution in [3.8, 4) is 0 Å². The number of carbonyl (C=O) groups excluding carboxylic acids is 1. The molecule has 0 aliphatic carbocycles. The number of hydrogen-bond donors (Lipinski definition) is 0. The second-order valence-corrected chi connectivity index (χ2v) is 5.82. The smallest absolute Gasteiger partial charge is 0.306 e. The second-order valence-electron chi connectivity index (χ2n) is 5.82. The molecular formula is C14H24O4. The maximum Gasteiger partial charge on any atom is 0.306 e. The Bertz CT molecular complexity index is 304. The maximum absolute atomic E-state index is 11.5. The van der Waals surface area contributed by atoms with Crippen LogP contribution in [0.15, 0.2) is 0 Å². The molecule has 104 valence electrons.